The average Bonchev–Trinajstić information content (AvgIpc) is 2.83. The van der Waals surface area contributed by atoms with Crippen molar-refractivity contribution in [1.82, 2.24) is 20.4 Å². The van der Waals surface area contributed by atoms with E-state index in [1.165, 1.54) is 11.9 Å². The second-order valence-corrected chi connectivity index (χ2v) is 9.73. The standard InChI is InChI=1S/C25H41ClN4O5/c1-18-7-8-20(26)15-22(18)23(35-13-11-30(4)25(32)33)9-10-29(3)24(31)28-21(16-27-2)14-19-6-5-12-34-17-19/h7-8,15,19,21,23,27H,5-6,9-14,16-17H2,1-4H3,(H,28,31)(H,32,33)/t19-,21?,23?/m1/s1. The Hall–Kier alpha value is -2.07. The molecular weight excluding hydrogens is 472 g/mol. The van der Waals surface area contributed by atoms with E-state index in [0.29, 0.717) is 30.5 Å². The van der Waals surface area contributed by atoms with Crippen LogP contribution in [0, 0.1) is 12.8 Å². The molecule has 3 amide bonds. The number of carboxylic acid groups (broad SMARTS) is 1. The number of halogens is 1. The van der Waals surface area contributed by atoms with Crippen LogP contribution >= 0.6 is 11.6 Å². The molecule has 0 radical (unpaired) electrons. The van der Waals surface area contributed by atoms with Crippen LogP contribution in [0.2, 0.25) is 5.02 Å². The van der Waals surface area contributed by atoms with Gasteiger partial charge in [0.05, 0.1) is 12.7 Å². The van der Waals surface area contributed by atoms with Crippen LogP contribution in [0.5, 0.6) is 0 Å². The molecule has 0 aromatic heterocycles. The zero-order valence-electron chi connectivity index (χ0n) is 21.4. The van der Waals surface area contributed by atoms with Gasteiger partial charge in [0.15, 0.2) is 0 Å². The number of ether oxygens (including phenoxy) is 2. The first-order chi connectivity index (χ1) is 16.7. The lowest BCUT2D eigenvalue weighted by atomic mass is 9.94. The van der Waals surface area contributed by atoms with Crippen LogP contribution in [-0.4, -0.2) is 93.7 Å². The van der Waals surface area contributed by atoms with Gasteiger partial charge in [-0.3, -0.25) is 0 Å². The molecule has 0 saturated carbocycles. The van der Waals surface area contributed by atoms with E-state index in [1.54, 1.807) is 11.9 Å². The monoisotopic (exact) mass is 512 g/mol. The van der Waals surface area contributed by atoms with Crippen molar-refractivity contribution in [2.24, 2.45) is 5.92 Å². The number of nitrogens with one attached hydrogen (secondary N) is 2. The molecule has 9 nitrogen and oxygen atoms in total. The smallest absolute Gasteiger partial charge is 0.407 e. The highest BCUT2D eigenvalue weighted by Gasteiger charge is 2.23. The van der Waals surface area contributed by atoms with Gasteiger partial charge >= 0.3 is 12.1 Å². The Kier molecular flexibility index (Phi) is 12.6. The Bertz CT molecular complexity index is 806. The third-order valence-corrected chi connectivity index (χ3v) is 6.62. The van der Waals surface area contributed by atoms with Crippen LogP contribution < -0.4 is 10.6 Å². The van der Waals surface area contributed by atoms with Crippen LogP contribution in [-0.2, 0) is 9.47 Å². The van der Waals surface area contributed by atoms with Crippen LogP contribution in [0.3, 0.4) is 0 Å². The van der Waals surface area contributed by atoms with Crippen LogP contribution in [0.4, 0.5) is 9.59 Å². The molecule has 3 atom stereocenters. The zero-order chi connectivity index (χ0) is 25.8. The maximum atomic E-state index is 12.9. The van der Waals surface area contributed by atoms with Gasteiger partial charge in [-0.2, -0.15) is 0 Å². The number of benzene rings is 1. The molecule has 1 aliphatic rings. The minimum Gasteiger partial charge on any atom is -0.465 e. The predicted molar refractivity (Wildman–Crippen MR) is 137 cm³/mol. The number of aryl methyl sites for hydroxylation is 1. The van der Waals surface area contributed by atoms with Gasteiger partial charge in [-0.1, -0.05) is 17.7 Å². The van der Waals surface area contributed by atoms with Crippen molar-refractivity contribution in [1.29, 1.82) is 0 Å². The highest BCUT2D eigenvalue weighted by molar-refractivity contribution is 6.30. The lowest BCUT2D eigenvalue weighted by molar-refractivity contribution is 0.0313. The third-order valence-electron chi connectivity index (χ3n) is 6.38. The van der Waals surface area contributed by atoms with E-state index in [4.69, 9.17) is 26.2 Å². The van der Waals surface area contributed by atoms with Crippen LogP contribution in [0.1, 0.15) is 42.9 Å². The summed E-state index contributed by atoms with van der Waals surface area (Å²) >= 11 is 6.24. The minimum atomic E-state index is -1.00. The third kappa shape index (κ3) is 10.2. The molecule has 0 spiro atoms. The van der Waals surface area contributed by atoms with Crippen molar-refractivity contribution < 1.29 is 24.2 Å². The Balaban J connectivity index is 1.97. The molecule has 2 unspecified atom stereocenters. The summed E-state index contributed by atoms with van der Waals surface area (Å²) in [7, 11) is 5.16. The number of nitrogens with zero attached hydrogens (tertiary/aromatic N) is 2. The number of hydrogen-bond donors (Lipinski definition) is 3. The molecule has 10 heteroatoms. The minimum absolute atomic E-state index is 0.0235. The highest BCUT2D eigenvalue weighted by atomic mass is 35.5. The average molecular weight is 513 g/mol. The number of amides is 3. The molecule has 0 bridgehead atoms. The predicted octanol–water partition coefficient (Wildman–Crippen LogP) is 3.75. The maximum Gasteiger partial charge on any atom is 0.407 e. The molecule has 1 aromatic rings. The molecule has 198 valence electrons. The largest absolute Gasteiger partial charge is 0.465 e. The summed E-state index contributed by atoms with van der Waals surface area (Å²) in [6.07, 6.45) is 2.30. The first-order valence-corrected chi connectivity index (χ1v) is 12.6. The molecule has 1 aromatic carbocycles. The number of likely N-dealkylation sites (N-methyl/N-ethyl adjacent to an activating group) is 2. The SMILES string of the molecule is CNCC(C[C@H]1CCCOC1)NC(=O)N(C)CCC(OCCN(C)C(=O)O)c1cc(Cl)ccc1C. The van der Waals surface area contributed by atoms with Crippen molar-refractivity contribution in [2.45, 2.75) is 44.8 Å². The number of hydrogen-bond acceptors (Lipinski definition) is 5. The fourth-order valence-electron chi connectivity index (χ4n) is 4.25. The molecule has 1 saturated heterocycles. The Morgan fingerprint density at radius 3 is 2.71 bits per heavy atom. The molecule has 35 heavy (non-hydrogen) atoms. The number of urea groups is 1. The zero-order valence-corrected chi connectivity index (χ0v) is 22.1. The Morgan fingerprint density at radius 2 is 2.06 bits per heavy atom. The summed E-state index contributed by atoms with van der Waals surface area (Å²) in [4.78, 5) is 26.9. The van der Waals surface area contributed by atoms with E-state index in [2.05, 4.69) is 10.6 Å². The van der Waals surface area contributed by atoms with Gasteiger partial charge in [0, 0.05) is 58.0 Å². The molecular formula is C25H41ClN4O5. The molecule has 1 fully saturated rings. The molecule has 0 aliphatic carbocycles. The van der Waals surface area contributed by atoms with Gasteiger partial charge in [0.1, 0.15) is 0 Å². The second-order valence-electron chi connectivity index (χ2n) is 9.30. The van der Waals surface area contributed by atoms with Crippen LogP contribution in [0.15, 0.2) is 18.2 Å². The first-order valence-electron chi connectivity index (χ1n) is 12.3. The summed E-state index contributed by atoms with van der Waals surface area (Å²) in [6, 6.07) is 5.53. The van der Waals surface area contributed by atoms with E-state index in [0.717, 1.165) is 43.6 Å². The first kappa shape index (κ1) is 29.2. The highest BCUT2D eigenvalue weighted by Crippen LogP contribution is 2.28. The van der Waals surface area contributed by atoms with E-state index in [1.807, 2.05) is 32.2 Å². The number of carbonyl (C=O) groups is 2. The van der Waals surface area contributed by atoms with Gasteiger partial charge < -0.3 is 35.0 Å². The van der Waals surface area contributed by atoms with Crippen molar-refractivity contribution in [2.75, 3.05) is 60.6 Å². The van der Waals surface area contributed by atoms with Gasteiger partial charge in [0.25, 0.3) is 0 Å². The fourth-order valence-corrected chi connectivity index (χ4v) is 4.43. The molecule has 2 rings (SSSR count). The van der Waals surface area contributed by atoms with Gasteiger partial charge in [-0.25, -0.2) is 9.59 Å². The maximum absolute atomic E-state index is 12.9. The van der Waals surface area contributed by atoms with Crippen molar-refractivity contribution >= 4 is 23.7 Å². The van der Waals surface area contributed by atoms with Gasteiger partial charge in [0.2, 0.25) is 0 Å². The van der Waals surface area contributed by atoms with E-state index < -0.39 is 6.09 Å². The van der Waals surface area contributed by atoms with Crippen LogP contribution in [0.25, 0.3) is 0 Å². The lowest BCUT2D eigenvalue weighted by Crippen LogP contribution is -2.48. The summed E-state index contributed by atoms with van der Waals surface area (Å²) in [5.74, 6) is 0.459. The van der Waals surface area contributed by atoms with Gasteiger partial charge in [-0.15, -0.1) is 0 Å². The van der Waals surface area contributed by atoms with E-state index >= 15 is 0 Å². The lowest BCUT2D eigenvalue weighted by Gasteiger charge is -2.29. The van der Waals surface area contributed by atoms with E-state index in [-0.39, 0.29) is 31.3 Å². The normalized spacial score (nSPS) is 17.5. The second kappa shape index (κ2) is 15.1. The summed E-state index contributed by atoms with van der Waals surface area (Å²) in [5.41, 5.74) is 1.97. The summed E-state index contributed by atoms with van der Waals surface area (Å²) < 4.78 is 11.7. The fraction of sp³-hybridized carbons (Fsp3) is 0.680. The van der Waals surface area contributed by atoms with E-state index in [9.17, 15) is 9.59 Å². The van der Waals surface area contributed by atoms with Crippen molar-refractivity contribution in [3.8, 4) is 0 Å². The van der Waals surface area contributed by atoms with Crippen molar-refractivity contribution in [3.63, 3.8) is 0 Å². The van der Waals surface area contributed by atoms with Gasteiger partial charge in [-0.05, 0) is 68.8 Å². The number of rotatable bonds is 13. The molecule has 1 heterocycles. The number of carbonyl (C=O) groups excluding carboxylic acids is 1. The topological polar surface area (TPSA) is 103 Å². The Labute approximate surface area is 214 Å². The molecule has 3 N–H and O–H groups in total. The Morgan fingerprint density at radius 1 is 1.29 bits per heavy atom. The molecule has 1 aliphatic heterocycles. The quantitative estimate of drug-likeness (QED) is 0.372. The summed E-state index contributed by atoms with van der Waals surface area (Å²) in [6.45, 7) is 5.21. The van der Waals surface area contributed by atoms with Crippen molar-refractivity contribution in [3.05, 3.63) is 34.3 Å². The summed E-state index contributed by atoms with van der Waals surface area (Å²) in [5, 5.41) is 16.0.